The summed E-state index contributed by atoms with van der Waals surface area (Å²) in [5, 5.41) is 10.2. The number of rotatable bonds is 9. The number of methoxy groups -OCH3 is 1. The first-order valence-electron chi connectivity index (χ1n) is 10.9. The summed E-state index contributed by atoms with van der Waals surface area (Å²) in [5.74, 6) is 3.08. The fourth-order valence-electron chi connectivity index (χ4n) is 3.71. The fraction of sp³-hybridized carbons (Fsp3) is 0.565. The Morgan fingerprint density at radius 2 is 2.03 bits per heavy atom. The van der Waals surface area contributed by atoms with E-state index in [1.165, 1.54) is 18.5 Å². The molecule has 0 amide bonds. The average molecular weight is 574 g/mol. The lowest BCUT2D eigenvalue weighted by molar-refractivity contribution is 0.176. The van der Waals surface area contributed by atoms with Gasteiger partial charge in [-0.15, -0.1) is 35.3 Å². The fourth-order valence-corrected chi connectivity index (χ4v) is 4.31. The molecule has 0 aliphatic carbocycles. The van der Waals surface area contributed by atoms with Gasteiger partial charge in [-0.05, 0) is 57.8 Å². The zero-order chi connectivity index (χ0) is 22.1. The number of benzene rings is 1. The Labute approximate surface area is 213 Å². The standard InChI is InChI=1S/C23H35N5O2S.HI/c1-17(30-22-7-5-6-21(12-22)29-4)13-25-23(24-3)26-14-19-8-10-28(11-9-19)15-20-16-31-18(2)27-20;/h5-7,12,16-17,19H,8-11,13-15H2,1-4H3,(H2,24,25,26);1H. The third kappa shape index (κ3) is 8.74. The Hall–Kier alpha value is -1.59. The second-order valence-electron chi connectivity index (χ2n) is 8.02. The maximum atomic E-state index is 5.97. The second kappa shape index (κ2) is 13.8. The molecule has 3 rings (SSSR count). The van der Waals surface area contributed by atoms with Crippen LogP contribution in [0.2, 0.25) is 0 Å². The van der Waals surface area contributed by atoms with Gasteiger partial charge in [0, 0.05) is 31.6 Å². The number of aryl methyl sites for hydroxylation is 1. The number of likely N-dealkylation sites (tertiary alicyclic amines) is 1. The van der Waals surface area contributed by atoms with Crippen molar-refractivity contribution in [2.24, 2.45) is 10.9 Å². The normalized spacial score (nSPS) is 16.2. The molecule has 1 aliphatic rings. The van der Waals surface area contributed by atoms with Gasteiger partial charge in [0.05, 0.1) is 24.4 Å². The molecule has 1 aromatic carbocycles. The highest BCUT2D eigenvalue weighted by Crippen LogP contribution is 2.20. The topological polar surface area (TPSA) is 71.0 Å². The predicted octanol–water partition coefficient (Wildman–Crippen LogP) is 3.92. The van der Waals surface area contributed by atoms with E-state index < -0.39 is 0 Å². The van der Waals surface area contributed by atoms with Crippen LogP contribution < -0.4 is 20.1 Å². The smallest absolute Gasteiger partial charge is 0.191 e. The molecule has 7 nitrogen and oxygen atoms in total. The van der Waals surface area contributed by atoms with Gasteiger partial charge in [-0.25, -0.2) is 4.98 Å². The number of hydrogen-bond acceptors (Lipinski definition) is 6. The zero-order valence-electron chi connectivity index (χ0n) is 19.5. The summed E-state index contributed by atoms with van der Waals surface area (Å²) in [7, 11) is 3.46. The molecule has 1 fully saturated rings. The molecule has 178 valence electrons. The van der Waals surface area contributed by atoms with Crippen molar-refractivity contribution in [1.29, 1.82) is 0 Å². The predicted molar refractivity (Wildman–Crippen MR) is 143 cm³/mol. The van der Waals surface area contributed by atoms with Gasteiger partial charge in [0.1, 0.15) is 17.6 Å². The molecule has 1 atom stereocenters. The van der Waals surface area contributed by atoms with E-state index >= 15 is 0 Å². The van der Waals surface area contributed by atoms with E-state index in [4.69, 9.17) is 9.47 Å². The van der Waals surface area contributed by atoms with Crippen LogP contribution in [-0.4, -0.2) is 62.3 Å². The highest BCUT2D eigenvalue weighted by atomic mass is 127. The van der Waals surface area contributed by atoms with Crippen molar-refractivity contribution in [1.82, 2.24) is 20.5 Å². The molecule has 1 unspecified atom stereocenters. The first-order valence-corrected chi connectivity index (χ1v) is 11.8. The molecule has 0 saturated carbocycles. The number of ether oxygens (including phenoxy) is 2. The van der Waals surface area contributed by atoms with Crippen molar-refractivity contribution in [2.45, 2.75) is 39.3 Å². The Bertz CT molecular complexity index is 839. The second-order valence-corrected chi connectivity index (χ2v) is 9.08. The molecule has 9 heteroatoms. The van der Waals surface area contributed by atoms with Crippen LogP contribution in [0.15, 0.2) is 34.6 Å². The maximum Gasteiger partial charge on any atom is 0.191 e. The molecule has 2 aromatic rings. The van der Waals surface area contributed by atoms with Gasteiger partial charge < -0.3 is 20.1 Å². The number of guanidine groups is 1. The Balaban J connectivity index is 0.00000363. The molecular weight excluding hydrogens is 537 g/mol. The lowest BCUT2D eigenvalue weighted by atomic mass is 9.97. The molecule has 0 bridgehead atoms. The van der Waals surface area contributed by atoms with Crippen LogP contribution >= 0.6 is 35.3 Å². The summed E-state index contributed by atoms with van der Waals surface area (Å²) in [4.78, 5) is 11.5. The first-order chi connectivity index (χ1) is 15.1. The van der Waals surface area contributed by atoms with Crippen molar-refractivity contribution >= 4 is 41.3 Å². The zero-order valence-corrected chi connectivity index (χ0v) is 22.6. The number of aromatic nitrogens is 1. The van der Waals surface area contributed by atoms with Crippen LogP contribution in [-0.2, 0) is 6.54 Å². The highest BCUT2D eigenvalue weighted by molar-refractivity contribution is 14.0. The van der Waals surface area contributed by atoms with E-state index in [0.717, 1.165) is 48.6 Å². The van der Waals surface area contributed by atoms with Crippen LogP contribution in [0.25, 0.3) is 0 Å². The van der Waals surface area contributed by atoms with Gasteiger partial charge >= 0.3 is 0 Å². The summed E-state index contributed by atoms with van der Waals surface area (Å²) in [6.07, 6.45) is 2.40. The van der Waals surface area contributed by atoms with E-state index in [1.54, 1.807) is 25.5 Å². The maximum absolute atomic E-state index is 5.97. The van der Waals surface area contributed by atoms with Crippen LogP contribution in [0.4, 0.5) is 0 Å². The van der Waals surface area contributed by atoms with Gasteiger partial charge in [0.2, 0.25) is 0 Å². The highest BCUT2D eigenvalue weighted by Gasteiger charge is 2.20. The molecule has 2 heterocycles. The van der Waals surface area contributed by atoms with Crippen molar-refractivity contribution in [3.63, 3.8) is 0 Å². The molecule has 1 saturated heterocycles. The minimum Gasteiger partial charge on any atom is -0.497 e. The van der Waals surface area contributed by atoms with Gasteiger partial charge in [-0.3, -0.25) is 9.89 Å². The monoisotopic (exact) mass is 573 g/mol. The van der Waals surface area contributed by atoms with Crippen LogP contribution in [0.5, 0.6) is 11.5 Å². The molecule has 1 aromatic heterocycles. The number of nitrogens with zero attached hydrogens (tertiary/aromatic N) is 3. The Kier molecular flexibility index (Phi) is 11.5. The van der Waals surface area contributed by atoms with Gasteiger partial charge in [0.15, 0.2) is 5.96 Å². The molecule has 32 heavy (non-hydrogen) atoms. The largest absolute Gasteiger partial charge is 0.497 e. The number of hydrogen-bond donors (Lipinski definition) is 2. The summed E-state index contributed by atoms with van der Waals surface area (Å²) < 4.78 is 11.2. The van der Waals surface area contributed by atoms with E-state index in [2.05, 4.69) is 37.8 Å². The number of aliphatic imine (C=N–C) groups is 1. The van der Waals surface area contributed by atoms with Crippen LogP contribution in [0.1, 0.15) is 30.5 Å². The van der Waals surface area contributed by atoms with Gasteiger partial charge in [0.25, 0.3) is 0 Å². The summed E-state index contributed by atoms with van der Waals surface area (Å²) in [6.45, 7) is 8.94. The minimum atomic E-state index is 0. The first kappa shape index (κ1) is 26.7. The quantitative estimate of drug-likeness (QED) is 0.269. The summed E-state index contributed by atoms with van der Waals surface area (Å²) in [6, 6.07) is 7.67. The third-order valence-electron chi connectivity index (χ3n) is 5.48. The average Bonchev–Trinajstić information content (AvgIpc) is 3.19. The van der Waals surface area contributed by atoms with E-state index in [-0.39, 0.29) is 30.1 Å². The SMILES string of the molecule is CN=C(NCC1CCN(Cc2csc(C)n2)CC1)NCC(C)Oc1cccc(OC)c1.I. The number of halogens is 1. The summed E-state index contributed by atoms with van der Waals surface area (Å²) >= 11 is 1.73. The Morgan fingerprint density at radius 3 is 2.69 bits per heavy atom. The Morgan fingerprint density at radius 1 is 1.28 bits per heavy atom. The van der Waals surface area contributed by atoms with Crippen molar-refractivity contribution in [3.8, 4) is 11.5 Å². The summed E-state index contributed by atoms with van der Waals surface area (Å²) in [5.41, 5.74) is 1.20. The van der Waals surface area contributed by atoms with Crippen LogP contribution in [0, 0.1) is 12.8 Å². The van der Waals surface area contributed by atoms with Gasteiger partial charge in [-0.2, -0.15) is 0 Å². The number of nitrogens with one attached hydrogen (secondary N) is 2. The third-order valence-corrected chi connectivity index (χ3v) is 6.30. The van der Waals surface area contributed by atoms with Crippen molar-refractivity contribution < 1.29 is 9.47 Å². The number of piperidine rings is 1. The lowest BCUT2D eigenvalue weighted by Crippen LogP contribution is -2.45. The molecule has 0 radical (unpaired) electrons. The van der Waals surface area contributed by atoms with Crippen LogP contribution in [0.3, 0.4) is 0 Å². The van der Waals surface area contributed by atoms with Gasteiger partial charge in [-0.1, -0.05) is 6.07 Å². The van der Waals surface area contributed by atoms with E-state index in [9.17, 15) is 0 Å². The number of thiazole rings is 1. The van der Waals surface area contributed by atoms with E-state index in [0.29, 0.717) is 12.5 Å². The molecular formula is C23H36IN5O2S. The molecule has 2 N–H and O–H groups in total. The van der Waals surface area contributed by atoms with Crippen molar-refractivity contribution in [2.75, 3.05) is 40.3 Å². The molecule has 1 aliphatic heterocycles. The lowest BCUT2D eigenvalue weighted by Gasteiger charge is -2.31. The molecule has 0 spiro atoms. The van der Waals surface area contributed by atoms with Crippen molar-refractivity contribution in [3.05, 3.63) is 40.3 Å². The van der Waals surface area contributed by atoms with E-state index in [1.807, 2.05) is 31.2 Å². The minimum absolute atomic E-state index is 0.